The maximum absolute atomic E-state index is 13.2. The van der Waals surface area contributed by atoms with Gasteiger partial charge in [-0.05, 0) is 60.9 Å². The number of nitrogens with zero attached hydrogens (tertiary/aromatic N) is 1. The molecule has 0 aromatic heterocycles. The van der Waals surface area contributed by atoms with Gasteiger partial charge in [-0.1, -0.05) is 36.4 Å². The Kier molecular flexibility index (Phi) is 7.01. The lowest BCUT2D eigenvalue weighted by Crippen LogP contribution is -2.35. The van der Waals surface area contributed by atoms with E-state index in [1.807, 2.05) is 24.3 Å². The number of benzene rings is 3. The first-order chi connectivity index (χ1) is 16.3. The van der Waals surface area contributed by atoms with E-state index in [0.29, 0.717) is 17.9 Å². The Morgan fingerprint density at radius 2 is 1.50 bits per heavy atom. The Morgan fingerprint density at radius 1 is 0.824 bits per heavy atom. The van der Waals surface area contributed by atoms with Gasteiger partial charge in [-0.15, -0.1) is 0 Å². The summed E-state index contributed by atoms with van der Waals surface area (Å²) in [4.78, 5) is 12.5. The molecule has 178 valence electrons. The van der Waals surface area contributed by atoms with Gasteiger partial charge in [0.1, 0.15) is 0 Å². The largest absolute Gasteiger partial charge is 0.326 e. The van der Waals surface area contributed by atoms with Gasteiger partial charge in [-0.3, -0.25) is 9.10 Å². The van der Waals surface area contributed by atoms with Crippen molar-refractivity contribution in [3.8, 4) is 0 Å². The molecule has 0 spiro atoms. The highest BCUT2D eigenvalue weighted by Crippen LogP contribution is 2.32. The van der Waals surface area contributed by atoms with E-state index in [-0.39, 0.29) is 22.8 Å². The highest BCUT2D eigenvalue weighted by molar-refractivity contribution is 7.92. The Balaban J connectivity index is 1.36. The summed E-state index contributed by atoms with van der Waals surface area (Å²) in [7, 11) is -7.42. The summed E-state index contributed by atoms with van der Waals surface area (Å²) in [5.41, 5.74) is 2.13. The zero-order chi connectivity index (χ0) is 24.2. The number of carbonyl (C=O) groups is 1. The summed E-state index contributed by atoms with van der Waals surface area (Å²) >= 11 is 0. The van der Waals surface area contributed by atoms with Gasteiger partial charge in [0.2, 0.25) is 15.9 Å². The summed E-state index contributed by atoms with van der Waals surface area (Å²) in [5.74, 6) is -0.392. The van der Waals surface area contributed by atoms with Gasteiger partial charge < -0.3 is 5.32 Å². The van der Waals surface area contributed by atoms with Crippen molar-refractivity contribution in [2.75, 3.05) is 22.7 Å². The lowest BCUT2D eigenvalue weighted by Gasteiger charge is -2.30. The van der Waals surface area contributed by atoms with Crippen molar-refractivity contribution in [1.82, 2.24) is 4.72 Å². The van der Waals surface area contributed by atoms with E-state index in [0.717, 1.165) is 18.4 Å². The monoisotopic (exact) mass is 499 g/mol. The quantitative estimate of drug-likeness (QED) is 0.495. The van der Waals surface area contributed by atoms with Crippen LogP contribution in [0.25, 0.3) is 0 Å². The van der Waals surface area contributed by atoms with Gasteiger partial charge in [-0.25, -0.2) is 21.6 Å². The van der Waals surface area contributed by atoms with Crippen LogP contribution in [0, 0.1) is 0 Å². The first-order valence-corrected chi connectivity index (χ1v) is 13.7. The Bertz CT molecular complexity index is 1370. The second kappa shape index (κ2) is 9.96. The standard InChI is InChI=1S/C24H25N3O5S2/c28-24(16-17-25-33(29,30)21-9-2-1-3-10-21)26-20-12-14-22(15-13-20)34(31,32)27-18-6-8-19-7-4-5-11-23(19)27/h1-5,7,9-15,25H,6,8,16-18H2,(H,26,28). The number of aryl methyl sites for hydroxylation is 1. The molecule has 0 saturated heterocycles. The number of nitrogens with one attached hydrogen (secondary N) is 2. The molecule has 1 heterocycles. The van der Waals surface area contributed by atoms with E-state index < -0.39 is 26.0 Å². The summed E-state index contributed by atoms with van der Waals surface area (Å²) in [6.07, 6.45) is 1.52. The molecular weight excluding hydrogens is 474 g/mol. The van der Waals surface area contributed by atoms with Crippen LogP contribution in [0.2, 0.25) is 0 Å². The molecule has 4 rings (SSSR count). The highest BCUT2D eigenvalue weighted by Gasteiger charge is 2.28. The van der Waals surface area contributed by atoms with Crippen LogP contribution in [-0.2, 0) is 31.3 Å². The second-order valence-electron chi connectivity index (χ2n) is 7.84. The van der Waals surface area contributed by atoms with Crippen molar-refractivity contribution < 1.29 is 21.6 Å². The van der Waals surface area contributed by atoms with Gasteiger partial charge in [0.15, 0.2) is 0 Å². The maximum atomic E-state index is 13.2. The van der Waals surface area contributed by atoms with E-state index in [1.54, 1.807) is 18.2 Å². The molecule has 2 N–H and O–H groups in total. The highest BCUT2D eigenvalue weighted by atomic mass is 32.2. The number of anilines is 2. The van der Waals surface area contributed by atoms with Crippen LogP contribution in [0.5, 0.6) is 0 Å². The number of hydrogen-bond donors (Lipinski definition) is 2. The fourth-order valence-corrected chi connectivity index (χ4v) is 6.39. The first kappa shape index (κ1) is 23.9. The summed E-state index contributed by atoms with van der Waals surface area (Å²) in [6, 6.07) is 21.3. The van der Waals surface area contributed by atoms with Crippen molar-refractivity contribution in [3.63, 3.8) is 0 Å². The summed E-state index contributed by atoms with van der Waals surface area (Å²) < 4.78 is 54.7. The number of carbonyl (C=O) groups excluding carboxylic acids is 1. The molecule has 0 bridgehead atoms. The minimum absolute atomic E-state index is 0.0656. The molecule has 1 aliphatic rings. The predicted molar refractivity (Wildman–Crippen MR) is 131 cm³/mol. The molecule has 1 aliphatic heterocycles. The van der Waals surface area contributed by atoms with E-state index in [9.17, 15) is 21.6 Å². The molecule has 0 unspecified atom stereocenters. The number of rotatable bonds is 8. The third kappa shape index (κ3) is 5.30. The topological polar surface area (TPSA) is 113 Å². The van der Waals surface area contributed by atoms with Crippen LogP contribution >= 0.6 is 0 Å². The van der Waals surface area contributed by atoms with Gasteiger partial charge in [-0.2, -0.15) is 0 Å². The predicted octanol–water partition coefficient (Wildman–Crippen LogP) is 3.14. The van der Waals surface area contributed by atoms with Crippen LogP contribution in [-0.4, -0.2) is 35.8 Å². The van der Waals surface area contributed by atoms with Crippen molar-refractivity contribution in [2.24, 2.45) is 0 Å². The fourth-order valence-electron chi connectivity index (χ4n) is 3.79. The van der Waals surface area contributed by atoms with Gasteiger partial charge in [0.25, 0.3) is 10.0 Å². The van der Waals surface area contributed by atoms with E-state index >= 15 is 0 Å². The Labute approximate surface area is 199 Å². The molecular formula is C24H25N3O5S2. The summed E-state index contributed by atoms with van der Waals surface area (Å²) in [6.45, 7) is 0.348. The molecule has 3 aromatic rings. The summed E-state index contributed by atoms with van der Waals surface area (Å²) in [5, 5.41) is 2.66. The molecule has 0 atom stereocenters. The maximum Gasteiger partial charge on any atom is 0.264 e. The van der Waals surface area contributed by atoms with Crippen LogP contribution in [0.15, 0.2) is 88.7 Å². The van der Waals surface area contributed by atoms with Crippen molar-refractivity contribution in [3.05, 3.63) is 84.4 Å². The number of hydrogen-bond acceptors (Lipinski definition) is 5. The molecule has 10 heteroatoms. The molecule has 3 aromatic carbocycles. The van der Waals surface area contributed by atoms with Gasteiger partial charge in [0, 0.05) is 25.2 Å². The van der Waals surface area contributed by atoms with Crippen LogP contribution < -0.4 is 14.3 Å². The SMILES string of the molecule is O=C(CCNS(=O)(=O)c1ccccc1)Nc1ccc(S(=O)(=O)N2CCCc3ccccc32)cc1. The Morgan fingerprint density at radius 3 is 2.24 bits per heavy atom. The third-order valence-electron chi connectivity index (χ3n) is 5.49. The molecule has 0 radical (unpaired) electrons. The average molecular weight is 500 g/mol. The lowest BCUT2D eigenvalue weighted by molar-refractivity contribution is -0.116. The second-order valence-corrected chi connectivity index (χ2v) is 11.5. The first-order valence-electron chi connectivity index (χ1n) is 10.8. The zero-order valence-electron chi connectivity index (χ0n) is 18.3. The van der Waals surface area contributed by atoms with Gasteiger partial charge >= 0.3 is 0 Å². The number of para-hydroxylation sites is 1. The number of fused-ring (bicyclic) bond motifs is 1. The third-order valence-corrected chi connectivity index (χ3v) is 8.80. The smallest absolute Gasteiger partial charge is 0.264 e. The average Bonchev–Trinajstić information content (AvgIpc) is 2.84. The van der Waals surface area contributed by atoms with Crippen LogP contribution in [0.4, 0.5) is 11.4 Å². The fraction of sp³-hybridized carbons (Fsp3) is 0.208. The van der Waals surface area contributed by atoms with Crippen molar-refractivity contribution in [2.45, 2.75) is 29.1 Å². The molecule has 8 nitrogen and oxygen atoms in total. The lowest BCUT2D eigenvalue weighted by atomic mass is 10.0. The zero-order valence-corrected chi connectivity index (χ0v) is 20.0. The minimum atomic E-state index is -3.73. The van der Waals surface area contributed by atoms with E-state index in [4.69, 9.17) is 0 Å². The normalized spacial score (nSPS) is 13.8. The number of amides is 1. The molecule has 34 heavy (non-hydrogen) atoms. The van der Waals surface area contributed by atoms with Crippen LogP contribution in [0.1, 0.15) is 18.4 Å². The van der Waals surface area contributed by atoms with Crippen molar-refractivity contribution >= 4 is 37.3 Å². The Hall–Kier alpha value is -3.21. The van der Waals surface area contributed by atoms with Gasteiger partial charge in [0.05, 0.1) is 15.5 Å². The van der Waals surface area contributed by atoms with Crippen molar-refractivity contribution in [1.29, 1.82) is 0 Å². The molecule has 0 fully saturated rings. The van der Waals surface area contributed by atoms with E-state index in [1.165, 1.54) is 40.7 Å². The molecule has 0 saturated carbocycles. The van der Waals surface area contributed by atoms with E-state index in [2.05, 4.69) is 10.0 Å². The number of sulfonamides is 2. The van der Waals surface area contributed by atoms with Crippen LogP contribution in [0.3, 0.4) is 0 Å². The molecule has 0 aliphatic carbocycles. The minimum Gasteiger partial charge on any atom is -0.326 e. The molecule has 1 amide bonds.